The minimum absolute atomic E-state index is 0.0132. The number of sulfonamides is 1. The number of benzene rings is 2. The minimum Gasteiger partial charge on any atom is -0.480 e. The molecule has 0 saturated heterocycles. The highest BCUT2D eigenvalue weighted by atomic mass is 32.2. The Kier molecular flexibility index (Phi) is 10.5. The smallest absolute Gasteiger partial charge is 0.322 e. The van der Waals surface area contributed by atoms with E-state index >= 15 is 0 Å². The number of amides is 1. The molecule has 0 aliphatic carbocycles. The van der Waals surface area contributed by atoms with Gasteiger partial charge in [0.1, 0.15) is 6.04 Å². The third-order valence-corrected chi connectivity index (χ3v) is 7.26. The summed E-state index contributed by atoms with van der Waals surface area (Å²) < 4.78 is 27.6. The number of carboxylic acid groups (broad SMARTS) is 1. The molecule has 2 aromatic rings. The Bertz CT molecular complexity index is 1020. The number of nitrogens with one attached hydrogen (secondary N) is 1. The molecule has 0 aliphatic heterocycles. The van der Waals surface area contributed by atoms with Crippen molar-refractivity contribution in [1.82, 2.24) is 9.62 Å². The molecule has 4 N–H and O–H groups in total. The summed E-state index contributed by atoms with van der Waals surface area (Å²) in [5.41, 5.74) is 7.18. The lowest BCUT2D eigenvalue weighted by Crippen LogP contribution is -2.46. The first-order valence-corrected chi connectivity index (χ1v) is 13.0. The van der Waals surface area contributed by atoms with Crippen molar-refractivity contribution in [2.24, 2.45) is 5.92 Å². The molecular formula is C25H35N3O5S. The highest BCUT2D eigenvalue weighted by Crippen LogP contribution is 2.23. The van der Waals surface area contributed by atoms with E-state index in [0.29, 0.717) is 37.9 Å². The maximum atomic E-state index is 13.3. The summed E-state index contributed by atoms with van der Waals surface area (Å²) in [6.07, 6.45) is 2.20. The lowest BCUT2D eigenvalue weighted by atomic mass is 10.1. The molecule has 186 valence electrons. The number of anilines is 1. The molecule has 0 saturated carbocycles. The van der Waals surface area contributed by atoms with E-state index in [2.05, 4.69) is 5.32 Å². The van der Waals surface area contributed by atoms with E-state index in [1.807, 2.05) is 44.2 Å². The number of carboxylic acids is 1. The minimum atomic E-state index is -4.02. The lowest BCUT2D eigenvalue weighted by molar-refractivity contribution is -0.142. The number of aliphatic carboxylic acids is 1. The summed E-state index contributed by atoms with van der Waals surface area (Å²) >= 11 is 0. The van der Waals surface area contributed by atoms with E-state index in [4.69, 9.17) is 5.73 Å². The predicted octanol–water partition coefficient (Wildman–Crippen LogP) is 3.29. The molecule has 0 unspecified atom stereocenters. The highest BCUT2D eigenvalue weighted by molar-refractivity contribution is 7.89. The second-order valence-corrected chi connectivity index (χ2v) is 10.6. The fourth-order valence-corrected chi connectivity index (χ4v) is 5.38. The number of nitrogens with two attached hydrogens (primary N) is 1. The lowest BCUT2D eigenvalue weighted by Gasteiger charge is -2.29. The average Bonchev–Trinajstić information content (AvgIpc) is 2.79. The molecule has 1 amide bonds. The van der Waals surface area contributed by atoms with Gasteiger partial charge in [-0.05, 0) is 61.4 Å². The number of unbranched alkanes of at least 4 members (excludes halogenated alkanes) is 1. The Morgan fingerprint density at radius 1 is 1.03 bits per heavy atom. The zero-order valence-electron chi connectivity index (χ0n) is 19.8. The van der Waals surface area contributed by atoms with Crippen LogP contribution in [0.25, 0.3) is 0 Å². The van der Waals surface area contributed by atoms with Crippen LogP contribution in [-0.2, 0) is 26.0 Å². The van der Waals surface area contributed by atoms with Gasteiger partial charge in [-0.1, -0.05) is 44.2 Å². The van der Waals surface area contributed by atoms with Crippen LogP contribution in [0.5, 0.6) is 0 Å². The van der Waals surface area contributed by atoms with Crippen LogP contribution in [0, 0.1) is 5.92 Å². The van der Waals surface area contributed by atoms with Gasteiger partial charge < -0.3 is 16.2 Å². The maximum Gasteiger partial charge on any atom is 0.322 e. The molecule has 0 spiro atoms. The number of hydrogen-bond donors (Lipinski definition) is 3. The van der Waals surface area contributed by atoms with Crippen LogP contribution >= 0.6 is 0 Å². The fourth-order valence-electron chi connectivity index (χ4n) is 3.60. The molecule has 0 heterocycles. The normalized spacial score (nSPS) is 12.6. The van der Waals surface area contributed by atoms with Crippen LogP contribution < -0.4 is 11.1 Å². The van der Waals surface area contributed by atoms with Gasteiger partial charge in [-0.15, -0.1) is 0 Å². The average molecular weight is 490 g/mol. The Hall–Kier alpha value is -2.91. The van der Waals surface area contributed by atoms with Crippen molar-refractivity contribution >= 4 is 27.6 Å². The molecule has 9 heteroatoms. The van der Waals surface area contributed by atoms with Crippen LogP contribution in [-0.4, -0.2) is 48.8 Å². The van der Waals surface area contributed by atoms with E-state index in [1.165, 1.54) is 24.3 Å². The van der Waals surface area contributed by atoms with Crippen molar-refractivity contribution < 1.29 is 23.1 Å². The summed E-state index contributed by atoms with van der Waals surface area (Å²) in [5.74, 6) is -1.31. The predicted molar refractivity (Wildman–Crippen MR) is 133 cm³/mol. The van der Waals surface area contributed by atoms with E-state index in [-0.39, 0.29) is 29.7 Å². The summed E-state index contributed by atoms with van der Waals surface area (Å²) in [5, 5.41) is 12.7. The third-order valence-electron chi connectivity index (χ3n) is 5.37. The molecule has 0 aromatic heterocycles. The molecule has 8 nitrogen and oxygen atoms in total. The summed E-state index contributed by atoms with van der Waals surface area (Å²) in [4.78, 5) is 24.1. The zero-order chi connectivity index (χ0) is 25.1. The van der Waals surface area contributed by atoms with Crippen LogP contribution in [0.3, 0.4) is 0 Å². The quantitative estimate of drug-likeness (QED) is 0.276. The van der Waals surface area contributed by atoms with Gasteiger partial charge in [-0.25, -0.2) is 8.42 Å². The molecule has 34 heavy (non-hydrogen) atoms. The van der Waals surface area contributed by atoms with Crippen molar-refractivity contribution in [2.75, 3.05) is 18.8 Å². The fraction of sp³-hybridized carbons (Fsp3) is 0.440. The number of carbonyl (C=O) groups is 2. The molecular weight excluding hydrogens is 454 g/mol. The van der Waals surface area contributed by atoms with E-state index in [9.17, 15) is 23.1 Å². The van der Waals surface area contributed by atoms with Gasteiger partial charge in [0.25, 0.3) is 0 Å². The van der Waals surface area contributed by atoms with E-state index < -0.39 is 22.0 Å². The highest BCUT2D eigenvalue weighted by Gasteiger charge is 2.35. The van der Waals surface area contributed by atoms with Crippen molar-refractivity contribution in [2.45, 2.75) is 56.9 Å². The van der Waals surface area contributed by atoms with Gasteiger partial charge >= 0.3 is 5.97 Å². The second-order valence-electron chi connectivity index (χ2n) is 8.72. The van der Waals surface area contributed by atoms with E-state index in [0.717, 1.165) is 9.87 Å². The van der Waals surface area contributed by atoms with Crippen LogP contribution in [0.1, 0.15) is 45.1 Å². The Morgan fingerprint density at radius 2 is 1.68 bits per heavy atom. The molecule has 0 fully saturated rings. The number of aryl methyl sites for hydroxylation is 1. The molecule has 2 rings (SSSR count). The Morgan fingerprint density at radius 3 is 2.26 bits per heavy atom. The summed E-state index contributed by atoms with van der Waals surface area (Å²) in [6.45, 7) is 4.18. The number of nitrogen functional groups attached to an aromatic ring is 1. The monoisotopic (exact) mass is 489 g/mol. The number of carbonyl (C=O) groups excluding carboxylic acids is 1. The summed E-state index contributed by atoms with van der Waals surface area (Å²) in [6, 6.07) is 14.3. The molecule has 0 radical (unpaired) electrons. The van der Waals surface area contributed by atoms with Gasteiger partial charge in [-0.3, -0.25) is 9.59 Å². The van der Waals surface area contributed by atoms with Gasteiger partial charge in [0.2, 0.25) is 15.9 Å². The van der Waals surface area contributed by atoms with Crippen molar-refractivity contribution in [3.8, 4) is 0 Å². The van der Waals surface area contributed by atoms with Crippen molar-refractivity contribution in [1.29, 1.82) is 0 Å². The topological polar surface area (TPSA) is 130 Å². The van der Waals surface area contributed by atoms with E-state index in [1.54, 1.807) is 0 Å². The largest absolute Gasteiger partial charge is 0.480 e. The second kappa shape index (κ2) is 13.1. The van der Waals surface area contributed by atoms with Gasteiger partial charge in [-0.2, -0.15) is 4.31 Å². The SMILES string of the molecule is CC(C)CN([C@@H](CCCCNC(=O)CCc1ccccc1)C(=O)O)S(=O)(=O)c1ccc(N)cc1. The van der Waals surface area contributed by atoms with Crippen molar-refractivity contribution in [3.63, 3.8) is 0 Å². The number of hydrogen-bond acceptors (Lipinski definition) is 5. The Balaban J connectivity index is 1.93. The number of nitrogens with zero attached hydrogens (tertiary/aromatic N) is 1. The first-order chi connectivity index (χ1) is 16.1. The van der Waals surface area contributed by atoms with Crippen LogP contribution in [0.15, 0.2) is 59.5 Å². The maximum absolute atomic E-state index is 13.3. The first kappa shape index (κ1) is 27.3. The zero-order valence-corrected chi connectivity index (χ0v) is 20.6. The Labute approximate surface area is 202 Å². The molecule has 1 atom stereocenters. The van der Waals surface area contributed by atoms with Gasteiger partial charge in [0.05, 0.1) is 4.90 Å². The standard InChI is InChI=1S/C25H35N3O5S/c1-19(2)18-28(34(32,33)22-14-12-21(26)13-15-22)23(25(30)31)10-6-7-17-27-24(29)16-11-20-8-4-3-5-9-20/h3-5,8-9,12-15,19,23H,6-7,10-11,16-18,26H2,1-2H3,(H,27,29)(H,30,31)/t23-/m0/s1. The molecule has 0 aliphatic rings. The first-order valence-electron chi connectivity index (χ1n) is 11.5. The van der Waals surface area contributed by atoms with Gasteiger partial charge in [0, 0.05) is 25.2 Å². The summed E-state index contributed by atoms with van der Waals surface area (Å²) in [7, 11) is -4.02. The third kappa shape index (κ3) is 8.46. The van der Waals surface area contributed by atoms with Gasteiger partial charge in [0.15, 0.2) is 0 Å². The number of rotatable bonds is 14. The molecule has 0 bridgehead atoms. The molecule has 2 aromatic carbocycles. The van der Waals surface area contributed by atoms with Crippen LogP contribution in [0.4, 0.5) is 5.69 Å². The van der Waals surface area contributed by atoms with Crippen molar-refractivity contribution in [3.05, 3.63) is 60.2 Å². The van der Waals surface area contributed by atoms with Crippen LogP contribution in [0.2, 0.25) is 0 Å².